The quantitative estimate of drug-likeness (QED) is 0.0199. The second-order valence-electron chi connectivity index (χ2n) is 29.6. The van der Waals surface area contributed by atoms with E-state index in [4.69, 9.17) is 28.4 Å². The molecule has 0 bridgehead atoms. The zero-order chi connectivity index (χ0) is 75.3. The van der Waals surface area contributed by atoms with Gasteiger partial charge in [-0.3, -0.25) is 4.79 Å². The molecule has 3 saturated heterocycles. The number of unbranched alkanes of at least 4 members (excludes halogenated alkanes) is 38. The van der Waals surface area contributed by atoms with Crippen molar-refractivity contribution in [2.24, 2.45) is 0 Å². The van der Waals surface area contributed by atoms with Crippen LogP contribution in [0.3, 0.4) is 0 Å². The van der Waals surface area contributed by atoms with Gasteiger partial charge in [-0.15, -0.1) is 0 Å². The highest BCUT2D eigenvalue weighted by Gasteiger charge is 2.54. The van der Waals surface area contributed by atoms with E-state index in [9.17, 15) is 61.0 Å². The summed E-state index contributed by atoms with van der Waals surface area (Å²) < 4.78 is 34.4. The Hall–Kier alpha value is -3.03. The molecular weight excluding hydrogens is 1320 g/mol. The third kappa shape index (κ3) is 44.0. The molecule has 3 rings (SSSR count). The van der Waals surface area contributed by atoms with E-state index in [2.05, 4.69) is 92.1 Å². The fraction of sp³-hybridized carbons (Fsp3) is 0.824. The van der Waals surface area contributed by atoms with Gasteiger partial charge in [0.2, 0.25) is 5.91 Å². The van der Waals surface area contributed by atoms with Crippen molar-refractivity contribution in [1.29, 1.82) is 0 Å². The predicted octanol–water partition coefficient (Wildman–Crippen LogP) is 14.6. The van der Waals surface area contributed by atoms with Crippen LogP contribution in [0, 0.1) is 0 Å². The number of nitrogens with one attached hydrogen (secondary N) is 1. The van der Waals surface area contributed by atoms with Crippen molar-refractivity contribution in [3.63, 3.8) is 0 Å². The predicted molar refractivity (Wildman–Crippen MR) is 415 cm³/mol. The minimum Gasteiger partial charge on any atom is -0.394 e. The molecular formula is C85H151NO18. The summed E-state index contributed by atoms with van der Waals surface area (Å²) in [5.41, 5.74) is 0. The molecule has 0 aromatic heterocycles. The first kappa shape index (κ1) is 95.2. The summed E-state index contributed by atoms with van der Waals surface area (Å²) in [5.74, 6) is -0.281. The lowest BCUT2D eigenvalue weighted by Gasteiger charge is -2.48. The fourth-order valence-electron chi connectivity index (χ4n) is 13.8. The first-order valence-corrected chi connectivity index (χ1v) is 41.8. The molecule has 1 amide bonds. The molecule has 3 fully saturated rings. The highest BCUT2D eigenvalue weighted by molar-refractivity contribution is 5.76. The van der Waals surface area contributed by atoms with Crippen LogP contribution in [0.1, 0.15) is 316 Å². The van der Waals surface area contributed by atoms with Crippen LogP contribution in [0.4, 0.5) is 0 Å². The monoisotopic (exact) mass is 1470 g/mol. The molecule has 0 aromatic carbocycles. The lowest BCUT2D eigenvalue weighted by molar-refractivity contribution is -0.379. The Morgan fingerprint density at radius 1 is 0.356 bits per heavy atom. The van der Waals surface area contributed by atoms with Gasteiger partial charge in [-0.05, 0) is 77.0 Å². The average Bonchev–Trinajstić information content (AvgIpc) is 0.783. The van der Waals surface area contributed by atoms with E-state index < -0.39 is 124 Å². The van der Waals surface area contributed by atoms with E-state index in [1.54, 1.807) is 6.08 Å². The van der Waals surface area contributed by atoms with Crippen LogP contribution >= 0.6 is 0 Å². The Labute approximate surface area is 629 Å². The van der Waals surface area contributed by atoms with Gasteiger partial charge in [0.25, 0.3) is 0 Å². The summed E-state index contributed by atoms with van der Waals surface area (Å²) in [7, 11) is 0. The minimum atomic E-state index is -1.98. The minimum absolute atomic E-state index is 0.236. The standard InChI is InChI=1S/C85H151NO18/c1-3-5-7-9-11-13-15-17-19-21-23-25-26-27-28-29-30-31-32-33-34-35-36-37-38-39-40-41-42-43-45-47-49-51-53-55-57-59-61-63-73(91)86-68(69(90)62-60-58-56-54-52-50-48-46-44-24-22-20-18-16-14-12-10-8-6-4-2)67-99-83-79(97)76(94)81(71(65-88)101-83)104-85-80(98)77(95)82(72(66-89)102-85)103-84-78(96)75(93)74(92)70(64-87)100-84/h5,7,11,13,17,19,23,25,27-28,52,54,60,62,68-72,74-85,87-90,92-98H,3-4,6,8-10,12,14-16,18,20-22,24,26,29-51,53,55-59,61,63-67H2,1-2H3,(H,86,91)/b7-5-,13-11-,19-17-,25-23-,28-27-,54-52+,62-60+. The van der Waals surface area contributed by atoms with Gasteiger partial charge in [0, 0.05) is 6.42 Å². The van der Waals surface area contributed by atoms with E-state index in [0.29, 0.717) is 12.8 Å². The molecule has 0 aliphatic carbocycles. The number of ether oxygens (including phenoxy) is 6. The number of carbonyl (C=O) groups is 1. The number of carbonyl (C=O) groups excluding carboxylic acids is 1. The summed E-state index contributed by atoms with van der Waals surface area (Å²) in [6.07, 6.45) is 60.2. The molecule has 3 aliphatic heterocycles. The van der Waals surface area contributed by atoms with Crippen molar-refractivity contribution in [1.82, 2.24) is 5.32 Å². The molecule has 17 atom stereocenters. The number of rotatable bonds is 66. The second-order valence-corrected chi connectivity index (χ2v) is 29.6. The van der Waals surface area contributed by atoms with Gasteiger partial charge >= 0.3 is 0 Å². The molecule has 0 spiro atoms. The molecule has 3 heterocycles. The Kier molecular flexibility index (Phi) is 59.3. The maximum atomic E-state index is 13.5. The van der Waals surface area contributed by atoms with Gasteiger partial charge < -0.3 is 89.9 Å². The topological polar surface area (TPSA) is 307 Å². The van der Waals surface area contributed by atoms with Gasteiger partial charge in [-0.25, -0.2) is 0 Å². The van der Waals surface area contributed by atoms with Crippen LogP contribution in [-0.4, -0.2) is 193 Å². The van der Waals surface area contributed by atoms with Crippen molar-refractivity contribution in [2.75, 3.05) is 26.4 Å². The molecule has 17 unspecified atom stereocenters. The van der Waals surface area contributed by atoms with Crippen LogP contribution in [-0.2, 0) is 33.2 Å². The summed E-state index contributed by atoms with van der Waals surface area (Å²) >= 11 is 0. The number of amides is 1. The summed E-state index contributed by atoms with van der Waals surface area (Å²) in [4.78, 5) is 13.5. The molecule has 19 nitrogen and oxygen atoms in total. The Balaban J connectivity index is 1.32. The third-order valence-electron chi connectivity index (χ3n) is 20.4. The largest absolute Gasteiger partial charge is 0.394 e. The van der Waals surface area contributed by atoms with Crippen molar-refractivity contribution < 1.29 is 89.4 Å². The SMILES string of the molecule is CC/C=C\C/C=C\C/C=C\C/C=C\C/C=C\CCCCCCCCCCCCCCCCCCCCCCCCCC(=O)NC(COC1OC(CO)C(OC2OC(CO)C(OC3OC(CO)C(O)C(O)C3O)C(O)C2O)C(O)C1O)C(O)/C=C/CC/C=C/CCCCCCCCCCCCCCCC. The van der Waals surface area contributed by atoms with Crippen LogP contribution < -0.4 is 5.32 Å². The number of aliphatic hydroxyl groups excluding tert-OH is 11. The normalized spacial score (nSPS) is 26.3. The van der Waals surface area contributed by atoms with Gasteiger partial charge in [0.05, 0.1) is 38.6 Å². The smallest absolute Gasteiger partial charge is 0.220 e. The molecule has 0 radical (unpaired) electrons. The van der Waals surface area contributed by atoms with E-state index in [0.717, 1.165) is 70.6 Å². The van der Waals surface area contributed by atoms with Crippen LogP contribution in [0.2, 0.25) is 0 Å². The van der Waals surface area contributed by atoms with Gasteiger partial charge in [0.1, 0.15) is 73.2 Å². The van der Waals surface area contributed by atoms with Gasteiger partial charge in [-0.1, -0.05) is 317 Å². The van der Waals surface area contributed by atoms with Crippen LogP contribution in [0.25, 0.3) is 0 Å². The van der Waals surface area contributed by atoms with E-state index in [1.807, 2.05) is 6.08 Å². The maximum absolute atomic E-state index is 13.5. The number of aliphatic hydroxyl groups is 11. The summed E-state index contributed by atoms with van der Waals surface area (Å²) in [6, 6.07) is -0.992. The molecule has 0 aromatic rings. The Morgan fingerprint density at radius 2 is 0.673 bits per heavy atom. The number of hydrogen-bond acceptors (Lipinski definition) is 18. The van der Waals surface area contributed by atoms with Gasteiger partial charge in [-0.2, -0.15) is 0 Å². The highest BCUT2D eigenvalue weighted by Crippen LogP contribution is 2.33. The molecule has 3 aliphatic rings. The molecule has 0 saturated carbocycles. The lowest BCUT2D eigenvalue weighted by Crippen LogP contribution is -2.66. The van der Waals surface area contributed by atoms with E-state index in [-0.39, 0.29) is 18.9 Å². The molecule has 604 valence electrons. The van der Waals surface area contributed by atoms with Gasteiger partial charge in [0.15, 0.2) is 18.9 Å². The van der Waals surface area contributed by atoms with Crippen LogP contribution in [0.5, 0.6) is 0 Å². The summed E-state index contributed by atoms with van der Waals surface area (Å²) in [5, 5.41) is 121. The number of allylic oxidation sites excluding steroid dienone is 13. The second kappa shape index (κ2) is 64.8. The molecule has 104 heavy (non-hydrogen) atoms. The van der Waals surface area contributed by atoms with Crippen LogP contribution in [0.15, 0.2) is 85.1 Å². The number of hydrogen-bond donors (Lipinski definition) is 12. The van der Waals surface area contributed by atoms with E-state index >= 15 is 0 Å². The molecule has 12 N–H and O–H groups in total. The summed E-state index contributed by atoms with van der Waals surface area (Å²) in [6.45, 7) is 1.63. The zero-order valence-corrected chi connectivity index (χ0v) is 64.7. The van der Waals surface area contributed by atoms with Crippen molar-refractivity contribution in [2.45, 2.75) is 420 Å². The first-order chi connectivity index (χ1) is 50.8. The Morgan fingerprint density at radius 3 is 1.08 bits per heavy atom. The molecule has 19 heteroatoms. The lowest BCUT2D eigenvalue weighted by atomic mass is 9.96. The van der Waals surface area contributed by atoms with Crippen molar-refractivity contribution in [3.8, 4) is 0 Å². The van der Waals surface area contributed by atoms with Crippen molar-refractivity contribution in [3.05, 3.63) is 85.1 Å². The third-order valence-corrected chi connectivity index (χ3v) is 20.4. The fourth-order valence-corrected chi connectivity index (χ4v) is 13.8. The average molecular weight is 1480 g/mol. The zero-order valence-electron chi connectivity index (χ0n) is 64.7. The first-order valence-electron chi connectivity index (χ1n) is 41.8. The Bertz CT molecular complexity index is 2210. The highest BCUT2D eigenvalue weighted by atomic mass is 16.8. The maximum Gasteiger partial charge on any atom is 0.220 e. The van der Waals surface area contributed by atoms with Crippen molar-refractivity contribution >= 4 is 5.91 Å². The van der Waals surface area contributed by atoms with E-state index in [1.165, 1.54) is 212 Å².